The van der Waals surface area contributed by atoms with Gasteiger partial charge in [0, 0.05) is 17.3 Å². The van der Waals surface area contributed by atoms with Gasteiger partial charge in [0.15, 0.2) is 0 Å². The first-order valence-corrected chi connectivity index (χ1v) is 6.73. The molecule has 0 fully saturated rings. The number of halogens is 1. The molecular weight excluding hydrogens is 296 g/mol. The number of anilines is 1. The Kier molecular flexibility index (Phi) is 5.02. The van der Waals surface area contributed by atoms with Crippen LogP contribution >= 0.6 is 12.4 Å². The van der Waals surface area contributed by atoms with Gasteiger partial charge in [-0.05, 0) is 41.5 Å². The van der Waals surface area contributed by atoms with Crippen LogP contribution in [0.2, 0.25) is 0 Å². The number of aromatic nitrogens is 1. The predicted molar refractivity (Wildman–Crippen MR) is 95.3 cm³/mol. The number of fused-ring (bicyclic) bond motifs is 1. The second kappa shape index (κ2) is 6.96. The van der Waals surface area contributed by atoms with Gasteiger partial charge in [0.25, 0.3) is 0 Å². The van der Waals surface area contributed by atoms with Crippen LogP contribution in [0.1, 0.15) is 11.1 Å². The summed E-state index contributed by atoms with van der Waals surface area (Å²) >= 11 is 0. The molecule has 3 rings (SSSR count). The van der Waals surface area contributed by atoms with E-state index in [1.165, 1.54) is 0 Å². The van der Waals surface area contributed by atoms with Crippen molar-refractivity contribution in [3.8, 4) is 5.75 Å². The number of hydrogen-bond donors (Lipinski definition) is 1. The summed E-state index contributed by atoms with van der Waals surface area (Å²) in [6, 6.07) is 15.7. The molecule has 0 saturated carbocycles. The topological polar surface area (TPSA) is 48.1 Å². The molecule has 22 heavy (non-hydrogen) atoms. The number of methoxy groups -OCH3 is 1. The Labute approximate surface area is 135 Å². The number of benzene rings is 2. The van der Waals surface area contributed by atoms with Crippen LogP contribution < -0.4 is 10.5 Å². The Balaban J connectivity index is 0.00000176. The summed E-state index contributed by atoms with van der Waals surface area (Å²) in [4.78, 5) is 4.38. The number of pyridine rings is 1. The van der Waals surface area contributed by atoms with E-state index in [4.69, 9.17) is 10.5 Å². The zero-order valence-corrected chi connectivity index (χ0v) is 13.0. The van der Waals surface area contributed by atoms with Crippen molar-refractivity contribution in [2.24, 2.45) is 0 Å². The Morgan fingerprint density at radius 1 is 1.00 bits per heavy atom. The predicted octanol–water partition coefficient (Wildman–Crippen LogP) is 4.42. The van der Waals surface area contributed by atoms with Gasteiger partial charge in [-0.2, -0.15) is 0 Å². The number of hydrogen-bond acceptors (Lipinski definition) is 3. The quantitative estimate of drug-likeness (QED) is 0.728. The lowest BCUT2D eigenvalue weighted by Gasteiger charge is -2.05. The van der Waals surface area contributed by atoms with Crippen LogP contribution in [0.3, 0.4) is 0 Å². The number of ether oxygens (including phenoxy) is 1. The smallest absolute Gasteiger partial charge is 0.119 e. The number of rotatable bonds is 3. The van der Waals surface area contributed by atoms with Crippen LogP contribution in [0.4, 0.5) is 5.69 Å². The van der Waals surface area contributed by atoms with Gasteiger partial charge in [-0.3, -0.25) is 4.98 Å². The van der Waals surface area contributed by atoms with Gasteiger partial charge in [-0.1, -0.05) is 30.4 Å². The monoisotopic (exact) mass is 312 g/mol. The molecule has 0 radical (unpaired) electrons. The van der Waals surface area contributed by atoms with Crippen LogP contribution in [-0.2, 0) is 0 Å². The Morgan fingerprint density at radius 2 is 1.77 bits per heavy atom. The standard InChI is InChI=1S/C18H16N2O.ClH/c1-21-15-8-9-18-16(12-15)13(10-11-20-18)6-7-14-4-2-3-5-17(14)19;/h2-12H,19H2,1H3;1H/b7-6+;. The van der Waals surface area contributed by atoms with Crippen molar-refractivity contribution < 1.29 is 4.74 Å². The molecule has 1 heterocycles. The van der Waals surface area contributed by atoms with Crippen molar-refractivity contribution in [2.75, 3.05) is 12.8 Å². The highest BCUT2D eigenvalue weighted by Gasteiger charge is 2.02. The summed E-state index contributed by atoms with van der Waals surface area (Å²) in [5.41, 5.74) is 9.76. The van der Waals surface area contributed by atoms with E-state index in [9.17, 15) is 0 Å². The van der Waals surface area contributed by atoms with Gasteiger partial charge >= 0.3 is 0 Å². The molecule has 1 aromatic heterocycles. The van der Waals surface area contributed by atoms with Crippen molar-refractivity contribution in [1.29, 1.82) is 0 Å². The van der Waals surface area contributed by atoms with Gasteiger partial charge in [0.05, 0.1) is 12.6 Å². The minimum atomic E-state index is 0. The molecule has 0 saturated heterocycles. The summed E-state index contributed by atoms with van der Waals surface area (Å²) in [5, 5.41) is 1.06. The summed E-state index contributed by atoms with van der Waals surface area (Å²) in [7, 11) is 1.66. The van der Waals surface area contributed by atoms with Crippen LogP contribution in [-0.4, -0.2) is 12.1 Å². The molecule has 0 unspecified atom stereocenters. The maximum atomic E-state index is 5.96. The fraction of sp³-hybridized carbons (Fsp3) is 0.0556. The van der Waals surface area contributed by atoms with Gasteiger partial charge in [0.2, 0.25) is 0 Å². The molecule has 112 valence electrons. The van der Waals surface area contributed by atoms with E-state index in [2.05, 4.69) is 11.1 Å². The van der Waals surface area contributed by atoms with Crippen molar-refractivity contribution in [3.63, 3.8) is 0 Å². The fourth-order valence-corrected chi connectivity index (χ4v) is 2.26. The van der Waals surface area contributed by atoms with E-state index in [1.807, 2.05) is 60.8 Å². The van der Waals surface area contributed by atoms with E-state index >= 15 is 0 Å². The maximum Gasteiger partial charge on any atom is 0.119 e. The summed E-state index contributed by atoms with van der Waals surface area (Å²) < 4.78 is 5.29. The van der Waals surface area contributed by atoms with Crippen molar-refractivity contribution in [3.05, 3.63) is 65.9 Å². The molecule has 0 spiro atoms. The lowest BCUT2D eigenvalue weighted by Crippen LogP contribution is -1.88. The zero-order chi connectivity index (χ0) is 14.7. The van der Waals surface area contributed by atoms with E-state index in [0.717, 1.165) is 33.5 Å². The Morgan fingerprint density at radius 3 is 2.55 bits per heavy atom. The highest BCUT2D eigenvalue weighted by molar-refractivity contribution is 5.92. The highest BCUT2D eigenvalue weighted by atomic mass is 35.5. The van der Waals surface area contributed by atoms with Gasteiger partial charge < -0.3 is 10.5 Å². The van der Waals surface area contributed by atoms with Crippen LogP contribution in [0.25, 0.3) is 23.1 Å². The lowest BCUT2D eigenvalue weighted by atomic mass is 10.1. The largest absolute Gasteiger partial charge is 0.497 e. The number of nitrogens with zero attached hydrogens (tertiary/aromatic N) is 1. The molecule has 0 atom stereocenters. The maximum absolute atomic E-state index is 5.96. The van der Waals surface area contributed by atoms with E-state index in [0.29, 0.717) is 0 Å². The van der Waals surface area contributed by atoms with E-state index in [1.54, 1.807) is 7.11 Å². The number of para-hydroxylation sites is 1. The fourth-order valence-electron chi connectivity index (χ4n) is 2.26. The third-order valence-corrected chi connectivity index (χ3v) is 3.42. The van der Waals surface area contributed by atoms with Crippen LogP contribution in [0.5, 0.6) is 5.75 Å². The Hall–Kier alpha value is -2.52. The van der Waals surface area contributed by atoms with Crippen molar-refractivity contribution in [2.45, 2.75) is 0 Å². The zero-order valence-electron chi connectivity index (χ0n) is 12.2. The third kappa shape index (κ3) is 3.21. The van der Waals surface area contributed by atoms with Crippen LogP contribution in [0, 0.1) is 0 Å². The first kappa shape index (κ1) is 15.9. The average Bonchev–Trinajstić information content (AvgIpc) is 2.53. The molecular formula is C18H17ClN2O. The molecule has 0 bridgehead atoms. The normalized spacial score (nSPS) is 10.6. The van der Waals surface area contributed by atoms with Crippen molar-refractivity contribution in [1.82, 2.24) is 4.98 Å². The molecule has 4 heteroatoms. The molecule has 3 nitrogen and oxygen atoms in total. The summed E-state index contributed by atoms with van der Waals surface area (Å²) in [6.45, 7) is 0. The third-order valence-electron chi connectivity index (χ3n) is 3.42. The van der Waals surface area contributed by atoms with Gasteiger partial charge in [0.1, 0.15) is 5.75 Å². The van der Waals surface area contributed by atoms with E-state index < -0.39 is 0 Å². The minimum absolute atomic E-state index is 0. The molecule has 0 aliphatic heterocycles. The molecule has 3 aromatic rings. The molecule has 0 aliphatic carbocycles. The lowest BCUT2D eigenvalue weighted by molar-refractivity contribution is 0.415. The first-order chi connectivity index (χ1) is 10.3. The second-order valence-corrected chi connectivity index (χ2v) is 4.75. The van der Waals surface area contributed by atoms with Crippen LogP contribution in [0.15, 0.2) is 54.7 Å². The number of nitrogen functional groups attached to an aromatic ring is 1. The minimum Gasteiger partial charge on any atom is -0.497 e. The first-order valence-electron chi connectivity index (χ1n) is 6.73. The molecule has 0 amide bonds. The molecule has 2 aromatic carbocycles. The van der Waals surface area contributed by atoms with Gasteiger partial charge in [-0.25, -0.2) is 0 Å². The van der Waals surface area contributed by atoms with Gasteiger partial charge in [-0.15, -0.1) is 12.4 Å². The highest BCUT2D eigenvalue weighted by Crippen LogP contribution is 2.24. The second-order valence-electron chi connectivity index (χ2n) is 4.75. The SMILES string of the molecule is COc1ccc2nccc(/C=C/c3ccccc3N)c2c1.Cl. The summed E-state index contributed by atoms with van der Waals surface area (Å²) in [5.74, 6) is 0.823. The average molecular weight is 313 g/mol. The van der Waals surface area contributed by atoms with Crippen molar-refractivity contribution >= 4 is 41.1 Å². The molecule has 2 N–H and O–H groups in total. The van der Waals surface area contributed by atoms with E-state index in [-0.39, 0.29) is 12.4 Å². The Bertz CT molecular complexity index is 815. The number of nitrogens with two attached hydrogens (primary N) is 1. The summed E-state index contributed by atoms with van der Waals surface area (Å²) in [6.07, 6.45) is 5.88. The molecule has 0 aliphatic rings.